The summed E-state index contributed by atoms with van der Waals surface area (Å²) in [5.41, 5.74) is 3.08. The van der Waals surface area contributed by atoms with Crippen LogP contribution in [-0.4, -0.2) is 49.7 Å². The number of likely N-dealkylation sites (tertiary alicyclic amines) is 1. The van der Waals surface area contributed by atoms with Crippen molar-refractivity contribution in [3.05, 3.63) is 89.2 Å². The molecule has 3 aromatic carbocycles. The average molecular weight is 507 g/mol. The van der Waals surface area contributed by atoms with Crippen molar-refractivity contribution >= 4 is 17.5 Å². The van der Waals surface area contributed by atoms with Crippen molar-refractivity contribution in [2.45, 2.75) is 18.8 Å². The van der Waals surface area contributed by atoms with Crippen LogP contribution in [-0.2, 0) is 4.79 Å². The number of carbonyl (C=O) groups is 2. The van der Waals surface area contributed by atoms with Crippen LogP contribution in [0.2, 0.25) is 0 Å². The minimum absolute atomic E-state index is 0.0108. The Morgan fingerprint density at radius 3 is 2.38 bits per heavy atom. The molecule has 3 aromatic rings. The first kappa shape index (κ1) is 24.7. The summed E-state index contributed by atoms with van der Waals surface area (Å²) in [4.78, 5) is 26.7. The SMILES string of the molecule is O=C1COc2ccc(C(=O)N3CCC(C(c4ccc(F)cc4)c4ccc(OCCF)cc4)CC3)cc2N1. The number of alkyl halides is 1. The molecule has 0 radical (unpaired) electrons. The van der Waals surface area contributed by atoms with Crippen LogP contribution in [0, 0.1) is 11.7 Å². The normalized spacial score (nSPS) is 16.4. The second-order valence-electron chi connectivity index (χ2n) is 9.31. The van der Waals surface area contributed by atoms with E-state index in [1.807, 2.05) is 41.3 Å². The van der Waals surface area contributed by atoms with Crippen LogP contribution in [0.4, 0.5) is 14.5 Å². The lowest BCUT2D eigenvalue weighted by atomic mass is 9.76. The Balaban J connectivity index is 1.31. The number of ether oxygens (including phenoxy) is 2. The van der Waals surface area contributed by atoms with Crippen LogP contribution in [0.5, 0.6) is 11.5 Å². The summed E-state index contributed by atoms with van der Waals surface area (Å²) in [7, 11) is 0. The van der Waals surface area contributed by atoms with E-state index in [4.69, 9.17) is 9.47 Å². The Hall–Kier alpha value is -3.94. The fraction of sp³-hybridized carbons (Fsp3) is 0.310. The average Bonchev–Trinajstić information content (AvgIpc) is 2.93. The highest BCUT2D eigenvalue weighted by Gasteiger charge is 2.31. The largest absolute Gasteiger partial charge is 0.491 e. The predicted molar refractivity (Wildman–Crippen MR) is 135 cm³/mol. The first-order valence-corrected chi connectivity index (χ1v) is 12.4. The van der Waals surface area contributed by atoms with Gasteiger partial charge in [-0.15, -0.1) is 0 Å². The molecule has 0 spiro atoms. The number of hydrogen-bond donors (Lipinski definition) is 1. The predicted octanol–water partition coefficient (Wildman–Crippen LogP) is 5.19. The molecule has 1 atom stereocenters. The molecule has 8 heteroatoms. The third kappa shape index (κ3) is 5.58. The van der Waals surface area contributed by atoms with Gasteiger partial charge in [0, 0.05) is 24.6 Å². The Bertz CT molecular complexity index is 1260. The van der Waals surface area contributed by atoms with E-state index < -0.39 is 6.67 Å². The lowest BCUT2D eigenvalue weighted by Gasteiger charge is -2.37. The van der Waals surface area contributed by atoms with Gasteiger partial charge in [0.25, 0.3) is 11.8 Å². The summed E-state index contributed by atoms with van der Waals surface area (Å²) in [5, 5.41) is 2.75. The molecule has 1 fully saturated rings. The zero-order valence-electron chi connectivity index (χ0n) is 20.3. The molecule has 192 valence electrons. The Kier molecular flexibility index (Phi) is 7.35. The number of amides is 2. The number of fused-ring (bicyclic) bond motifs is 1. The van der Waals surface area contributed by atoms with E-state index in [0.717, 1.165) is 24.0 Å². The highest BCUT2D eigenvalue weighted by atomic mass is 19.1. The van der Waals surface area contributed by atoms with Crippen molar-refractivity contribution in [1.82, 2.24) is 4.90 Å². The van der Waals surface area contributed by atoms with Gasteiger partial charge in [0.15, 0.2) is 6.61 Å². The van der Waals surface area contributed by atoms with E-state index in [-0.39, 0.29) is 42.7 Å². The zero-order valence-corrected chi connectivity index (χ0v) is 20.3. The third-order valence-corrected chi connectivity index (χ3v) is 6.97. The number of carbonyl (C=O) groups excluding carboxylic acids is 2. The van der Waals surface area contributed by atoms with E-state index in [1.54, 1.807) is 18.2 Å². The van der Waals surface area contributed by atoms with E-state index in [2.05, 4.69) is 5.32 Å². The number of anilines is 1. The van der Waals surface area contributed by atoms with Crippen molar-refractivity contribution in [3.63, 3.8) is 0 Å². The molecule has 2 amide bonds. The fourth-order valence-electron chi connectivity index (χ4n) is 5.17. The second-order valence-corrected chi connectivity index (χ2v) is 9.31. The van der Waals surface area contributed by atoms with Crippen LogP contribution in [0.1, 0.15) is 40.2 Å². The highest BCUT2D eigenvalue weighted by Crippen LogP contribution is 2.39. The highest BCUT2D eigenvalue weighted by molar-refractivity contribution is 5.99. The summed E-state index contributed by atoms with van der Waals surface area (Å²) in [6, 6.07) is 19.3. The second kappa shape index (κ2) is 11.0. The van der Waals surface area contributed by atoms with Gasteiger partial charge in [-0.25, -0.2) is 8.78 Å². The fourth-order valence-corrected chi connectivity index (χ4v) is 5.17. The van der Waals surface area contributed by atoms with Gasteiger partial charge in [-0.2, -0.15) is 0 Å². The lowest BCUT2D eigenvalue weighted by molar-refractivity contribution is -0.118. The Morgan fingerprint density at radius 1 is 1.03 bits per heavy atom. The summed E-state index contributed by atoms with van der Waals surface area (Å²) in [6.45, 7) is 0.593. The van der Waals surface area contributed by atoms with E-state index in [9.17, 15) is 18.4 Å². The molecule has 37 heavy (non-hydrogen) atoms. The zero-order chi connectivity index (χ0) is 25.8. The number of nitrogens with one attached hydrogen (secondary N) is 1. The van der Waals surface area contributed by atoms with Gasteiger partial charge in [-0.05, 0) is 72.4 Å². The summed E-state index contributed by atoms with van der Waals surface area (Å²) >= 11 is 0. The van der Waals surface area contributed by atoms with Crippen molar-refractivity contribution in [1.29, 1.82) is 0 Å². The number of hydrogen-bond acceptors (Lipinski definition) is 4. The van der Waals surface area contributed by atoms with Crippen LogP contribution >= 0.6 is 0 Å². The maximum atomic E-state index is 13.7. The molecule has 0 aliphatic carbocycles. The maximum absolute atomic E-state index is 13.7. The minimum Gasteiger partial charge on any atom is -0.491 e. The molecule has 1 unspecified atom stereocenters. The summed E-state index contributed by atoms with van der Waals surface area (Å²) in [5.74, 6) is 0.794. The maximum Gasteiger partial charge on any atom is 0.262 e. The van der Waals surface area contributed by atoms with Crippen LogP contribution < -0.4 is 14.8 Å². The molecule has 5 rings (SSSR count). The monoisotopic (exact) mass is 506 g/mol. The van der Waals surface area contributed by atoms with Gasteiger partial charge < -0.3 is 19.7 Å². The molecule has 2 heterocycles. The van der Waals surface area contributed by atoms with Gasteiger partial charge in [0.1, 0.15) is 30.6 Å². The molecule has 0 aromatic heterocycles. The van der Waals surface area contributed by atoms with Crippen molar-refractivity contribution in [2.75, 3.05) is 38.3 Å². The van der Waals surface area contributed by atoms with Crippen LogP contribution in [0.25, 0.3) is 0 Å². The molecular formula is C29H28F2N2O4. The van der Waals surface area contributed by atoms with E-state index in [1.165, 1.54) is 12.1 Å². The first-order valence-electron chi connectivity index (χ1n) is 12.4. The lowest BCUT2D eigenvalue weighted by Crippen LogP contribution is -2.40. The summed E-state index contributed by atoms with van der Waals surface area (Å²) in [6.07, 6.45) is 1.55. The smallest absolute Gasteiger partial charge is 0.262 e. The van der Waals surface area contributed by atoms with E-state index in [0.29, 0.717) is 35.8 Å². The Labute approximate surface area is 214 Å². The van der Waals surface area contributed by atoms with E-state index >= 15 is 0 Å². The quantitative estimate of drug-likeness (QED) is 0.479. The number of nitrogens with zero attached hydrogens (tertiary/aromatic N) is 1. The molecule has 1 saturated heterocycles. The van der Waals surface area contributed by atoms with Gasteiger partial charge >= 0.3 is 0 Å². The Morgan fingerprint density at radius 2 is 1.70 bits per heavy atom. The van der Waals surface area contributed by atoms with Crippen molar-refractivity contribution < 1.29 is 27.8 Å². The standard InChI is InChI=1S/C29H28F2N2O4/c30-13-16-36-24-8-3-20(4-9-24)28(19-1-6-23(31)7-2-19)21-11-14-33(15-12-21)29(35)22-5-10-26-25(17-22)32-27(34)18-37-26/h1-10,17,21,28H,11-16,18H2,(H,32,34). The molecule has 0 bridgehead atoms. The number of benzene rings is 3. The number of halogens is 2. The molecule has 0 saturated carbocycles. The van der Waals surface area contributed by atoms with Gasteiger partial charge in [-0.1, -0.05) is 24.3 Å². The van der Waals surface area contributed by atoms with Crippen molar-refractivity contribution in [3.8, 4) is 11.5 Å². The third-order valence-electron chi connectivity index (χ3n) is 6.97. The van der Waals surface area contributed by atoms with Crippen molar-refractivity contribution in [2.24, 2.45) is 5.92 Å². The number of piperidine rings is 1. The molecule has 2 aliphatic rings. The molecular weight excluding hydrogens is 478 g/mol. The summed E-state index contributed by atoms with van der Waals surface area (Å²) < 4.78 is 36.9. The molecule has 6 nitrogen and oxygen atoms in total. The molecule has 1 N–H and O–H groups in total. The number of rotatable bonds is 7. The van der Waals surface area contributed by atoms with Crippen LogP contribution in [0.15, 0.2) is 66.7 Å². The van der Waals surface area contributed by atoms with Gasteiger partial charge in [0.05, 0.1) is 5.69 Å². The van der Waals surface area contributed by atoms with Gasteiger partial charge in [-0.3, -0.25) is 9.59 Å². The first-order chi connectivity index (χ1) is 18.0. The van der Waals surface area contributed by atoms with Crippen LogP contribution in [0.3, 0.4) is 0 Å². The van der Waals surface area contributed by atoms with Gasteiger partial charge in [0.2, 0.25) is 0 Å². The topological polar surface area (TPSA) is 67.9 Å². The molecule has 2 aliphatic heterocycles. The minimum atomic E-state index is -0.550.